The highest BCUT2D eigenvalue weighted by atomic mass is 15.1. The highest BCUT2D eigenvalue weighted by Gasteiger charge is 2.13. The standard InChI is InChI=1S/C15H26N2/c1-5-6-13-7-9-14(10-8-13)11-17(4)12-15(2,3)16/h7-10H,5-6,11-12,16H2,1-4H3. The van der Waals surface area contributed by atoms with Crippen LogP contribution in [-0.4, -0.2) is 24.0 Å². The van der Waals surface area contributed by atoms with E-state index in [0.29, 0.717) is 0 Å². The van der Waals surface area contributed by atoms with E-state index in [4.69, 9.17) is 5.73 Å². The number of likely N-dealkylation sites (N-methyl/N-ethyl adjacent to an activating group) is 1. The summed E-state index contributed by atoms with van der Waals surface area (Å²) in [6, 6.07) is 8.93. The smallest absolute Gasteiger partial charge is 0.0231 e. The Morgan fingerprint density at radius 3 is 2.12 bits per heavy atom. The molecule has 0 aromatic heterocycles. The maximum atomic E-state index is 6.01. The van der Waals surface area contributed by atoms with E-state index in [9.17, 15) is 0 Å². The predicted octanol–water partition coefficient (Wildman–Crippen LogP) is 2.81. The first-order chi connectivity index (χ1) is 7.90. The van der Waals surface area contributed by atoms with Crippen molar-refractivity contribution in [1.82, 2.24) is 4.90 Å². The fourth-order valence-electron chi connectivity index (χ4n) is 2.16. The summed E-state index contributed by atoms with van der Waals surface area (Å²) in [5, 5.41) is 0. The quantitative estimate of drug-likeness (QED) is 0.820. The molecule has 0 aliphatic rings. The molecule has 0 radical (unpaired) electrons. The second kappa shape index (κ2) is 6.18. The van der Waals surface area contributed by atoms with Crippen molar-refractivity contribution in [2.45, 2.75) is 45.7 Å². The second-order valence-corrected chi connectivity index (χ2v) is 5.73. The highest BCUT2D eigenvalue weighted by Crippen LogP contribution is 2.10. The van der Waals surface area contributed by atoms with E-state index in [2.05, 4.69) is 57.0 Å². The maximum absolute atomic E-state index is 6.01. The Labute approximate surface area is 106 Å². The normalized spacial score (nSPS) is 12.1. The summed E-state index contributed by atoms with van der Waals surface area (Å²) in [5.41, 5.74) is 8.67. The monoisotopic (exact) mass is 234 g/mol. The second-order valence-electron chi connectivity index (χ2n) is 5.73. The van der Waals surface area contributed by atoms with E-state index in [0.717, 1.165) is 13.1 Å². The van der Waals surface area contributed by atoms with E-state index < -0.39 is 0 Å². The zero-order valence-corrected chi connectivity index (χ0v) is 11.7. The number of nitrogens with zero attached hydrogens (tertiary/aromatic N) is 1. The Hall–Kier alpha value is -0.860. The molecule has 2 heteroatoms. The summed E-state index contributed by atoms with van der Waals surface area (Å²) in [4.78, 5) is 2.27. The lowest BCUT2D eigenvalue weighted by atomic mass is 10.1. The van der Waals surface area contributed by atoms with Gasteiger partial charge in [0.25, 0.3) is 0 Å². The molecule has 0 saturated heterocycles. The van der Waals surface area contributed by atoms with E-state index in [-0.39, 0.29) is 5.54 Å². The summed E-state index contributed by atoms with van der Waals surface area (Å²) >= 11 is 0. The first kappa shape index (κ1) is 14.2. The molecular weight excluding hydrogens is 208 g/mol. The van der Waals surface area contributed by atoms with Crippen LogP contribution in [0.1, 0.15) is 38.3 Å². The third-order valence-electron chi connectivity index (χ3n) is 2.69. The zero-order chi connectivity index (χ0) is 12.9. The molecule has 0 amide bonds. The van der Waals surface area contributed by atoms with Crippen LogP contribution in [-0.2, 0) is 13.0 Å². The van der Waals surface area contributed by atoms with Crippen LogP contribution in [0, 0.1) is 0 Å². The van der Waals surface area contributed by atoms with Gasteiger partial charge in [-0.3, -0.25) is 0 Å². The van der Waals surface area contributed by atoms with Crippen molar-refractivity contribution in [3.8, 4) is 0 Å². The Bertz CT molecular complexity index is 322. The number of hydrogen-bond acceptors (Lipinski definition) is 2. The van der Waals surface area contributed by atoms with E-state index in [1.807, 2.05) is 0 Å². The summed E-state index contributed by atoms with van der Waals surface area (Å²) in [7, 11) is 2.12. The van der Waals surface area contributed by atoms with Crippen molar-refractivity contribution in [2.24, 2.45) is 5.73 Å². The lowest BCUT2D eigenvalue weighted by Crippen LogP contribution is -2.43. The van der Waals surface area contributed by atoms with Crippen LogP contribution in [0.4, 0.5) is 0 Å². The summed E-state index contributed by atoms with van der Waals surface area (Å²) in [5.74, 6) is 0. The number of aryl methyl sites for hydroxylation is 1. The van der Waals surface area contributed by atoms with Crippen LogP contribution in [0.2, 0.25) is 0 Å². The van der Waals surface area contributed by atoms with Crippen LogP contribution in [0.25, 0.3) is 0 Å². The minimum atomic E-state index is -0.128. The number of benzene rings is 1. The van der Waals surface area contributed by atoms with Gasteiger partial charge in [0.1, 0.15) is 0 Å². The molecule has 1 aromatic carbocycles. The molecule has 0 fully saturated rings. The van der Waals surface area contributed by atoms with Crippen molar-refractivity contribution in [3.05, 3.63) is 35.4 Å². The van der Waals surface area contributed by atoms with Crippen molar-refractivity contribution < 1.29 is 0 Å². The minimum Gasteiger partial charge on any atom is -0.324 e. The summed E-state index contributed by atoms with van der Waals surface area (Å²) < 4.78 is 0. The molecule has 1 aromatic rings. The molecule has 0 saturated carbocycles. The van der Waals surface area contributed by atoms with Gasteiger partial charge in [0.15, 0.2) is 0 Å². The molecule has 2 nitrogen and oxygen atoms in total. The number of hydrogen-bond donors (Lipinski definition) is 1. The molecular formula is C15H26N2. The molecule has 0 aliphatic heterocycles. The molecule has 17 heavy (non-hydrogen) atoms. The molecule has 0 heterocycles. The van der Waals surface area contributed by atoms with Gasteiger partial charge in [-0.15, -0.1) is 0 Å². The third kappa shape index (κ3) is 5.85. The van der Waals surface area contributed by atoms with Crippen LogP contribution in [0.3, 0.4) is 0 Å². The molecule has 0 spiro atoms. The van der Waals surface area contributed by atoms with Gasteiger partial charge in [0.05, 0.1) is 0 Å². The lowest BCUT2D eigenvalue weighted by molar-refractivity contribution is 0.263. The summed E-state index contributed by atoms with van der Waals surface area (Å²) in [6.45, 7) is 8.21. The number of nitrogens with two attached hydrogens (primary N) is 1. The SMILES string of the molecule is CCCc1ccc(CN(C)CC(C)(C)N)cc1. The van der Waals surface area contributed by atoms with Gasteiger partial charge in [0, 0.05) is 18.6 Å². The highest BCUT2D eigenvalue weighted by molar-refractivity contribution is 5.22. The minimum absolute atomic E-state index is 0.128. The molecule has 0 bridgehead atoms. The zero-order valence-electron chi connectivity index (χ0n) is 11.7. The number of rotatable bonds is 6. The summed E-state index contributed by atoms with van der Waals surface area (Å²) in [6.07, 6.45) is 2.38. The van der Waals surface area contributed by atoms with E-state index in [1.54, 1.807) is 0 Å². The average molecular weight is 234 g/mol. The topological polar surface area (TPSA) is 29.3 Å². The van der Waals surface area contributed by atoms with Gasteiger partial charge in [-0.05, 0) is 38.4 Å². The van der Waals surface area contributed by atoms with E-state index in [1.165, 1.54) is 24.0 Å². The van der Waals surface area contributed by atoms with Crippen LogP contribution in [0.15, 0.2) is 24.3 Å². The Morgan fingerprint density at radius 1 is 1.12 bits per heavy atom. The largest absolute Gasteiger partial charge is 0.324 e. The van der Waals surface area contributed by atoms with Crippen molar-refractivity contribution >= 4 is 0 Å². The van der Waals surface area contributed by atoms with Gasteiger partial charge < -0.3 is 10.6 Å². The maximum Gasteiger partial charge on any atom is 0.0231 e. The van der Waals surface area contributed by atoms with Gasteiger partial charge in [-0.25, -0.2) is 0 Å². The third-order valence-corrected chi connectivity index (χ3v) is 2.69. The average Bonchev–Trinajstić information content (AvgIpc) is 2.18. The molecule has 0 atom stereocenters. The molecule has 0 aliphatic carbocycles. The molecule has 0 unspecified atom stereocenters. The van der Waals surface area contributed by atoms with Crippen LogP contribution in [0.5, 0.6) is 0 Å². The van der Waals surface area contributed by atoms with Gasteiger partial charge in [-0.1, -0.05) is 37.6 Å². The lowest BCUT2D eigenvalue weighted by Gasteiger charge is -2.26. The van der Waals surface area contributed by atoms with Gasteiger partial charge >= 0.3 is 0 Å². The molecule has 2 N–H and O–H groups in total. The Balaban J connectivity index is 2.51. The molecule has 1 rings (SSSR count). The fraction of sp³-hybridized carbons (Fsp3) is 0.600. The fourth-order valence-corrected chi connectivity index (χ4v) is 2.16. The predicted molar refractivity (Wildman–Crippen MR) is 75.0 cm³/mol. The van der Waals surface area contributed by atoms with Gasteiger partial charge in [-0.2, -0.15) is 0 Å². The van der Waals surface area contributed by atoms with E-state index >= 15 is 0 Å². The van der Waals surface area contributed by atoms with Crippen molar-refractivity contribution in [3.63, 3.8) is 0 Å². The Morgan fingerprint density at radius 2 is 1.65 bits per heavy atom. The van der Waals surface area contributed by atoms with Crippen molar-refractivity contribution in [1.29, 1.82) is 0 Å². The first-order valence-corrected chi connectivity index (χ1v) is 6.46. The van der Waals surface area contributed by atoms with Crippen LogP contribution >= 0.6 is 0 Å². The van der Waals surface area contributed by atoms with Crippen molar-refractivity contribution in [2.75, 3.05) is 13.6 Å². The van der Waals surface area contributed by atoms with Gasteiger partial charge in [0.2, 0.25) is 0 Å². The molecule has 96 valence electrons. The van der Waals surface area contributed by atoms with Crippen LogP contribution < -0.4 is 5.73 Å². The Kier molecular flexibility index (Phi) is 5.16. The first-order valence-electron chi connectivity index (χ1n) is 6.46.